The van der Waals surface area contributed by atoms with Gasteiger partial charge in [0.15, 0.2) is 5.60 Å². The lowest BCUT2D eigenvalue weighted by Crippen LogP contribution is -2.46. The van der Waals surface area contributed by atoms with Gasteiger partial charge in [-0.25, -0.2) is 4.79 Å². The third kappa shape index (κ3) is 4.88. The number of rotatable bonds is 6. The van der Waals surface area contributed by atoms with E-state index in [0.717, 1.165) is 6.92 Å². The second-order valence-corrected chi connectivity index (χ2v) is 4.74. The van der Waals surface area contributed by atoms with Gasteiger partial charge in [0, 0.05) is 17.7 Å². The van der Waals surface area contributed by atoms with Gasteiger partial charge in [-0.15, -0.1) is 0 Å². The van der Waals surface area contributed by atoms with Crippen LogP contribution in [0.2, 0.25) is 0 Å². The van der Waals surface area contributed by atoms with Crippen LogP contribution in [0.15, 0.2) is 24.3 Å². The van der Waals surface area contributed by atoms with E-state index < -0.39 is 24.0 Å². The highest BCUT2D eigenvalue weighted by Crippen LogP contribution is 2.11. The number of carboxylic acids is 1. The van der Waals surface area contributed by atoms with Crippen molar-refractivity contribution in [2.75, 3.05) is 11.9 Å². The van der Waals surface area contributed by atoms with Gasteiger partial charge in [0.25, 0.3) is 5.91 Å². The first-order valence-corrected chi connectivity index (χ1v) is 6.40. The molecule has 0 heterocycles. The smallest absolute Gasteiger partial charge is 0.337 e. The zero-order valence-electron chi connectivity index (χ0n) is 11.8. The van der Waals surface area contributed by atoms with E-state index in [2.05, 4.69) is 10.6 Å². The third-order valence-electron chi connectivity index (χ3n) is 2.78. The number of carbonyl (C=O) groups excluding carboxylic acids is 2. The molecule has 0 fully saturated rings. The Morgan fingerprint density at radius 3 is 2.52 bits per heavy atom. The van der Waals surface area contributed by atoms with Gasteiger partial charge >= 0.3 is 5.97 Å². The molecule has 4 N–H and O–H groups in total. The Hall–Kier alpha value is -2.41. The first-order valence-electron chi connectivity index (χ1n) is 6.40. The number of hydrogen-bond donors (Lipinski definition) is 4. The maximum absolute atomic E-state index is 11.9. The molecule has 0 saturated heterocycles. The number of benzene rings is 1. The van der Waals surface area contributed by atoms with Gasteiger partial charge in [0.2, 0.25) is 5.91 Å². The van der Waals surface area contributed by atoms with Gasteiger partial charge in [0.05, 0.1) is 6.54 Å². The molecule has 1 aromatic rings. The van der Waals surface area contributed by atoms with Crippen LogP contribution in [0.5, 0.6) is 0 Å². The topological polar surface area (TPSA) is 116 Å². The molecule has 7 heteroatoms. The van der Waals surface area contributed by atoms with Crippen LogP contribution in [0, 0.1) is 0 Å². The van der Waals surface area contributed by atoms with Crippen LogP contribution in [-0.2, 0) is 9.59 Å². The number of carboxylic acid groups (broad SMARTS) is 1. The van der Waals surface area contributed by atoms with Crippen molar-refractivity contribution in [1.82, 2.24) is 5.32 Å². The largest absolute Gasteiger partial charge is 0.479 e. The average molecular weight is 294 g/mol. The molecule has 1 aromatic carbocycles. The minimum absolute atomic E-state index is 0.179. The molecule has 7 nitrogen and oxygen atoms in total. The molecular formula is C14H18N2O5. The van der Waals surface area contributed by atoms with Gasteiger partial charge in [-0.05, 0) is 25.1 Å². The van der Waals surface area contributed by atoms with Crippen LogP contribution >= 0.6 is 0 Å². The first-order chi connectivity index (χ1) is 9.76. The highest BCUT2D eigenvalue weighted by Gasteiger charge is 2.30. The molecule has 114 valence electrons. The molecule has 21 heavy (non-hydrogen) atoms. The second kappa shape index (κ2) is 6.85. The molecule has 0 saturated carbocycles. The van der Waals surface area contributed by atoms with Gasteiger partial charge in [-0.1, -0.05) is 13.0 Å². The quantitative estimate of drug-likeness (QED) is 0.613. The molecule has 1 atom stereocenters. The number of carbonyl (C=O) groups is 3. The summed E-state index contributed by atoms with van der Waals surface area (Å²) in [6.45, 7) is 2.38. The zero-order chi connectivity index (χ0) is 16.0. The molecule has 2 amide bonds. The molecule has 0 spiro atoms. The first kappa shape index (κ1) is 16.6. The number of hydrogen-bond acceptors (Lipinski definition) is 4. The van der Waals surface area contributed by atoms with Crippen molar-refractivity contribution in [1.29, 1.82) is 0 Å². The summed E-state index contributed by atoms with van der Waals surface area (Å²) in [6.07, 6.45) is 0.317. The molecule has 0 aromatic heterocycles. The van der Waals surface area contributed by atoms with Gasteiger partial charge in [-0.3, -0.25) is 9.59 Å². The van der Waals surface area contributed by atoms with Crippen molar-refractivity contribution in [3.05, 3.63) is 29.8 Å². The summed E-state index contributed by atoms with van der Waals surface area (Å²) in [5.41, 5.74) is -1.31. The standard InChI is InChI=1S/C14H18N2O5/c1-3-11(17)16-10-6-4-5-9(7-10)12(18)15-8-14(2,21)13(19)20/h4-7,21H,3,8H2,1-2H3,(H,15,18)(H,16,17)(H,19,20). The normalized spacial score (nSPS) is 13.1. The molecule has 0 bridgehead atoms. The summed E-state index contributed by atoms with van der Waals surface area (Å²) < 4.78 is 0. The predicted octanol–water partition coefficient (Wildman–Crippen LogP) is 0.600. The fraction of sp³-hybridized carbons (Fsp3) is 0.357. The van der Waals surface area contributed by atoms with Crippen molar-refractivity contribution in [3.63, 3.8) is 0 Å². The highest BCUT2D eigenvalue weighted by molar-refractivity contribution is 5.97. The molecule has 1 unspecified atom stereocenters. The number of anilines is 1. The fourth-order valence-electron chi connectivity index (χ4n) is 1.42. The number of nitrogens with one attached hydrogen (secondary N) is 2. The molecule has 0 aliphatic heterocycles. The summed E-state index contributed by atoms with van der Waals surface area (Å²) in [4.78, 5) is 33.9. The van der Waals surface area contributed by atoms with E-state index in [1.54, 1.807) is 19.1 Å². The summed E-state index contributed by atoms with van der Waals surface area (Å²) in [6, 6.07) is 6.22. The summed E-state index contributed by atoms with van der Waals surface area (Å²) in [5, 5.41) is 23.2. The molecule has 0 aliphatic carbocycles. The highest BCUT2D eigenvalue weighted by atomic mass is 16.4. The lowest BCUT2D eigenvalue weighted by Gasteiger charge is -2.18. The zero-order valence-corrected chi connectivity index (χ0v) is 11.8. The van der Waals surface area contributed by atoms with E-state index in [4.69, 9.17) is 5.11 Å². The summed E-state index contributed by atoms with van der Waals surface area (Å²) in [7, 11) is 0. The third-order valence-corrected chi connectivity index (χ3v) is 2.78. The van der Waals surface area contributed by atoms with Crippen LogP contribution in [-0.4, -0.2) is 40.1 Å². The monoisotopic (exact) mass is 294 g/mol. The number of aliphatic hydroxyl groups is 1. The number of amides is 2. The Kier molecular flexibility index (Phi) is 5.43. The van der Waals surface area contributed by atoms with Crippen molar-refractivity contribution in [2.45, 2.75) is 25.9 Å². The number of aliphatic carboxylic acids is 1. The maximum atomic E-state index is 11.9. The van der Waals surface area contributed by atoms with E-state index in [9.17, 15) is 19.5 Å². The Morgan fingerprint density at radius 2 is 1.95 bits per heavy atom. The summed E-state index contributed by atoms with van der Waals surface area (Å²) in [5.74, 6) is -2.14. The lowest BCUT2D eigenvalue weighted by molar-refractivity contribution is -0.155. The van der Waals surface area contributed by atoms with Gasteiger partial charge < -0.3 is 20.8 Å². The van der Waals surface area contributed by atoms with Crippen molar-refractivity contribution >= 4 is 23.5 Å². The molecule has 1 rings (SSSR count). The van der Waals surface area contributed by atoms with Gasteiger partial charge in [-0.2, -0.15) is 0 Å². The van der Waals surface area contributed by atoms with Crippen LogP contribution in [0.3, 0.4) is 0 Å². The van der Waals surface area contributed by atoms with Crippen molar-refractivity contribution in [3.8, 4) is 0 Å². The van der Waals surface area contributed by atoms with E-state index in [1.165, 1.54) is 12.1 Å². The van der Waals surface area contributed by atoms with E-state index in [1.807, 2.05) is 0 Å². The van der Waals surface area contributed by atoms with E-state index in [0.29, 0.717) is 12.1 Å². The predicted molar refractivity (Wildman–Crippen MR) is 76.0 cm³/mol. The second-order valence-electron chi connectivity index (χ2n) is 4.74. The van der Waals surface area contributed by atoms with Crippen molar-refractivity contribution < 1.29 is 24.6 Å². The molecule has 0 radical (unpaired) electrons. The fourth-order valence-corrected chi connectivity index (χ4v) is 1.42. The Balaban J connectivity index is 2.73. The van der Waals surface area contributed by atoms with Crippen LogP contribution in [0.4, 0.5) is 5.69 Å². The Labute approximate surface area is 122 Å². The Bertz CT molecular complexity index is 554. The maximum Gasteiger partial charge on any atom is 0.337 e. The average Bonchev–Trinajstić information content (AvgIpc) is 2.44. The van der Waals surface area contributed by atoms with E-state index >= 15 is 0 Å². The van der Waals surface area contributed by atoms with Gasteiger partial charge in [0.1, 0.15) is 0 Å². The SMILES string of the molecule is CCC(=O)Nc1cccc(C(=O)NCC(C)(O)C(=O)O)c1. The van der Waals surface area contributed by atoms with Crippen LogP contribution in [0.25, 0.3) is 0 Å². The lowest BCUT2D eigenvalue weighted by atomic mass is 10.1. The minimum Gasteiger partial charge on any atom is -0.479 e. The van der Waals surface area contributed by atoms with E-state index in [-0.39, 0.29) is 11.5 Å². The Morgan fingerprint density at radius 1 is 1.29 bits per heavy atom. The minimum atomic E-state index is -2.04. The van der Waals surface area contributed by atoms with Crippen LogP contribution in [0.1, 0.15) is 30.6 Å². The molecular weight excluding hydrogens is 276 g/mol. The molecule has 0 aliphatic rings. The summed E-state index contributed by atoms with van der Waals surface area (Å²) >= 11 is 0. The van der Waals surface area contributed by atoms with Crippen LogP contribution < -0.4 is 10.6 Å². The van der Waals surface area contributed by atoms with Crippen molar-refractivity contribution in [2.24, 2.45) is 0 Å².